The van der Waals surface area contributed by atoms with Crippen LogP contribution in [0, 0.1) is 6.92 Å². The number of nitrogens with two attached hydrogens (primary N) is 1. The molecule has 2 rings (SSSR count). The van der Waals surface area contributed by atoms with Gasteiger partial charge >= 0.3 is 0 Å². The molecule has 0 aliphatic heterocycles. The standard InChI is InChI=1S/C16H22N4O/c1-11(2)15-10-12(3)18-16(20-15)19-13-4-6-14(7-5-13)21-9-8-17/h4-7,10-11H,8-9,17H2,1-3H3,(H,18,19,20). The zero-order valence-electron chi connectivity index (χ0n) is 12.8. The summed E-state index contributed by atoms with van der Waals surface area (Å²) in [4.78, 5) is 8.94. The first-order valence-corrected chi connectivity index (χ1v) is 7.14. The van der Waals surface area contributed by atoms with E-state index in [4.69, 9.17) is 10.5 Å². The fourth-order valence-electron chi connectivity index (χ4n) is 1.88. The minimum atomic E-state index is 0.374. The molecule has 1 aromatic carbocycles. The number of ether oxygens (including phenoxy) is 1. The lowest BCUT2D eigenvalue weighted by atomic mass is 10.1. The Bertz CT molecular complexity index is 581. The highest BCUT2D eigenvalue weighted by atomic mass is 16.5. The zero-order valence-corrected chi connectivity index (χ0v) is 12.8. The van der Waals surface area contributed by atoms with Gasteiger partial charge in [-0.2, -0.15) is 0 Å². The summed E-state index contributed by atoms with van der Waals surface area (Å²) in [6, 6.07) is 9.69. The van der Waals surface area contributed by atoms with Gasteiger partial charge in [0.2, 0.25) is 5.95 Å². The Hall–Kier alpha value is -2.14. The van der Waals surface area contributed by atoms with E-state index in [1.54, 1.807) is 0 Å². The van der Waals surface area contributed by atoms with Crippen LogP contribution < -0.4 is 15.8 Å². The fraction of sp³-hybridized carbons (Fsp3) is 0.375. The maximum atomic E-state index is 5.45. The third-order valence-electron chi connectivity index (χ3n) is 2.96. The van der Waals surface area contributed by atoms with Crippen molar-refractivity contribution in [2.75, 3.05) is 18.5 Å². The number of hydrogen-bond acceptors (Lipinski definition) is 5. The first-order chi connectivity index (χ1) is 10.1. The molecule has 0 radical (unpaired) electrons. The molecule has 0 fully saturated rings. The van der Waals surface area contributed by atoms with Gasteiger partial charge in [0.05, 0.1) is 0 Å². The molecule has 0 saturated carbocycles. The fourth-order valence-corrected chi connectivity index (χ4v) is 1.88. The predicted molar refractivity (Wildman–Crippen MR) is 85.1 cm³/mol. The number of anilines is 2. The van der Waals surface area contributed by atoms with Crippen molar-refractivity contribution in [1.29, 1.82) is 0 Å². The molecule has 3 N–H and O–H groups in total. The number of aryl methyl sites for hydroxylation is 1. The van der Waals surface area contributed by atoms with E-state index in [2.05, 4.69) is 29.1 Å². The largest absolute Gasteiger partial charge is 0.492 e. The lowest BCUT2D eigenvalue weighted by molar-refractivity contribution is 0.328. The molecule has 0 amide bonds. The Morgan fingerprint density at radius 1 is 1.19 bits per heavy atom. The van der Waals surface area contributed by atoms with Gasteiger partial charge in [-0.1, -0.05) is 13.8 Å². The highest BCUT2D eigenvalue weighted by Crippen LogP contribution is 2.20. The van der Waals surface area contributed by atoms with Crippen molar-refractivity contribution in [1.82, 2.24) is 9.97 Å². The van der Waals surface area contributed by atoms with Crippen LogP contribution in [0.4, 0.5) is 11.6 Å². The van der Waals surface area contributed by atoms with Crippen LogP contribution in [0.2, 0.25) is 0 Å². The molecule has 0 bridgehead atoms. The van der Waals surface area contributed by atoms with E-state index in [-0.39, 0.29) is 0 Å². The van der Waals surface area contributed by atoms with Gasteiger partial charge in [0, 0.05) is 23.6 Å². The molecule has 0 spiro atoms. The van der Waals surface area contributed by atoms with Gasteiger partial charge in [0.15, 0.2) is 0 Å². The number of benzene rings is 1. The lowest BCUT2D eigenvalue weighted by Gasteiger charge is -2.11. The molecule has 1 aromatic heterocycles. The second-order valence-electron chi connectivity index (χ2n) is 5.20. The molecule has 0 atom stereocenters. The lowest BCUT2D eigenvalue weighted by Crippen LogP contribution is -2.10. The summed E-state index contributed by atoms with van der Waals surface area (Å²) in [6.07, 6.45) is 0. The molecule has 0 aliphatic carbocycles. The maximum Gasteiger partial charge on any atom is 0.227 e. The monoisotopic (exact) mass is 286 g/mol. The van der Waals surface area contributed by atoms with E-state index in [9.17, 15) is 0 Å². The van der Waals surface area contributed by atoms with Crippen molar-refractivity contribution in [2.45, 2.75) is 26.7 Å². The third-order valence-corrected chi connectivity index (χ3v) is 2.96. The van der Waals surface area contributed by atoms with Crippen molar-refractivity contribution in [3.05, 3.63) is 41.7 Å². The van der Waals surface area contributed by atoms with Crippen LogP contribution in [0.1, 0.15) is 31.2 Å². The maximum absolute atomic E-state index is 5.45. The first-order valence-electron chi connectivity index (χ1n) is 7.14. The van der Waals surface area contributed by atoms with Crippen LogP contribution in [0.25, 0.3) is 0 Å². The molecular formula is C16H22N4O. The van der Waals surface area contributed by atoms with Gasteiger partial charge in [-0.15, -0.1) is 0 Å². The van der Waals surface area contributed by atoms with Gasteiger partial charge < -0.3 is 15.8 Å². The highest BCUT2D eigenvalue weighted by molar-refractivity contribution is 5.54. The summed E-state index contributed by atoms with van der Waals surface area (Å²) in [7, 11) is 0. The van der Waals surface area contributed by atoms with Gasteiger partial charge in [0.1, 0.15) is 12.4 Å². The number of hydrogen-bond donors (Lipinski definition) is 2. The van der Waals surface area contributed by atoms with Crippen molar-refractivity contribution >= 4 is 11.6 Å². The summed E-state index contributed by atoms with van der Waals surface area (Å²) in [5.74, 6) is 1.80. The van der Waals surface area contributed by atoms with Crippen LogP contribution in [-0.2, 0) is 0 Å². The van der Waals surface area contributed by atoms with Gasteiger partial charge in [-0.3, -0.25) is 0 Å². The Labute approximate surface area is 125 Å². The van der Waals surface area contributed by atoms with Gasteiger partial charge in [0.25, 0.3) is 0 Å². The smallest absolute Gasteiger partial charge is 0.227 e. The summed E-state index contributed by atoms with van der Waals surface area (Å²) in [6.45, 7) is 7.24. The summed E-state index contributed by atoms with van der Waals surface area (Å²) in [5.41, 5.74) is 8.33. The van der Waals surface area contributed by atoms with Crippen LogP contribution in [0.15, 0.2) is 30.3 Å². The van der Waals surface area contributed by atoms with E-state index in [1.807, 2.05) is 37.3 Å². The van der Waals surface area contributed by atoms with Crippen molar-refractivity contribution in [3.8, 4) is 5.75 Å². The Morgan fingerprint density at radius 3 is 2.52 bits per heavy atom. The topological polar surface area (TPSA) is 73.1 Å². The quantitative estimate of drug-likeness (QED) is 0.854. The van der Waals surface area contributed by atoms with Crippen LogP contribution >= 0.6 is 0 Å². The number of nitrogens with one attached hydrogen (secondary N) is 1. The average Bonchev–Trinajstić information content (AvgIpc) is 2.46. The molecule has 0 saturated heterocycles. The highest BCUT2D eigenvalue weighted by Gasteiger charge is 2.06. The molecule has 1 heterocycles. The molecular weight excluding hydrogens is 264 g/mol. The minimum absolute atomic E-state index is 0.374. The summed E-state index contributed by atoms with van der Waals surface area (Å²) < 4.78 is 5.45. The summed E-state index contributed by atoms with van der Waals surface area (Å²) in [5, 5.41) is 3.22. The normalized spacial score (nSPS) is 10.7. The Morgan fingerprint density at radius 2 is 1.90 bits per heavy atom. The molecule has 0 unspecified atom stereocenters. The van der Waals surface area contributed by atoms with Crippen LogP contribution in [0.3, 0.4) is 0 Å². The average molecular weight is 286 g/mol. The van der Waals surface area contributed by atoms with Crippen molar-refractivity contribution < 1.29 is 4.74 Å². The SMILES string of the molecule is Cc1cc(C(C)C)nc(Nc2ccc(OCCN)cc2)n1. The van der Waals surface area contributed by atoms with E-state index < -0.39 is 0 Å². The summed E-state index contributed by atoms with van der Waals surface area (Å²) >= 11 is 0. The molecule has 112 valence electrons. The van der Waals surface area contributed by atoms with E-state index in [0.717, 1.165) is 22.8 Å². The third kappa shape index (κ3) is 4.43. The molecule has 5 nitrogen and oxygen atoms in total. The van der Waals surface area contributed by atoms with Crippen LogP contribution in [0.5, 0.6) is 5.75 Å². The zero-order chi connectivity index (χ0) is 15.2. The van der Waals surface area contributed by atoms with Crippen LogP contribution in [-0.4, -0.2) is 23.1 Å². The number of nitrogens with zero attached hydrogens (tertiary/aromatic N) is 2. The van der Waals surface area contributed by atoms with Crippen molar-refractivity contribution in [3.63, 3.8) is 0 Å². The Kier molecular flexibility index (Phi) is 5.11. The van der Waals surface area contributed by atoms with E-state index in [1.165, 1.54) is 0 Å². The molecule has 21 heavy (non-hydrogen) atoms. The second-order valence-corrected chi connectivity index (χ2v) is 5.20. The second kappa shape index (κ2) is 7.04. The molecule has 0 aliphatic rings. The van der Waals surface area contributed by atoms with E-state index >= 15 is 0 Å². The first kappa shape index (κ1) is 15.3. The molecule has 5 heteroatoms. The predicted octanol–water partition coefficient (Wildman–Crippen LogP) is 2.99. The van der Waals surface area contributed by atoms with E-state index in [0.29, 0.717) is 25.0 Å². The number of rotatable bonds is 6. The van der Waals surface area contributed by atoms with Gasteiger partial charge in [-0.25, -0.2) is 9.97 Å². The number of aromatic nitrogens is 2. The Balaban J connectivity index is 2.10. The molecule has 2 aromatic rings. The minimum Gasteiger partial charge on any atom is -0.492 e. The van der Waals surface area contributed by atoms with Gasteiger partial charge in [-0.05, 0) is 43.2 Å². The van der Waals surface area contributed by atoms with Crippen molar-refractivity contribution in [2.24, 2.45) is 5.73 Å².